The van der Waals surface area contributed by atoms with Crippen LogP contribution in [0.4, 0.5) is 0 Å². The molecule has 2 rings (SSSR count). The number of nitrogens with one attached hydrogen (secondary N) is 1. The molecule has 5 nitrogen and oxygen atoms in total. The molecule has 106 valence electrons. The van der Waals surface area contributed by atoms with Gasteiger partial charge in [0.05, 0.1) is 4.90 Å². The van der Waals surface area contributed by atoms with Crippen molar-refractivity contribution in [3.8, 4) is 0 Å². The van der Waals surface area contributed by atoms with Crippen molar-refractivity contribution in [2.75, 3.05) is 18.8 Å². The summed E-state index contributed by atoms with van der Waals surface area (Å²) in [5, 5.41) is -0.119. The standard InChI is InChI=1S/C11H15ClN2O3S2/c1-11(2)7-14(3-4-18-11)19(16,17)8-5-9(12)10(15)13-6-8/h5-6H,3-4,7H2,1-2H3,(H,13,15). The Balaban J connectivity index is 2.36. The fourth-order valence-electron chi connectivity index (χ4n) is 1.91. The number of aromatic nitrogens is 1. The molecule has 0 amide bonds. The minimum absolute atomic E-state index is 0.0276. The van der Waals surface area contributed by atoms with E-state index in [0.717, 1.165) is 5.75 Å². The Morgan fingerprint density at radius 2 is 2.16 bits per heavy atom. The average Bonchev–Trinajstić information content (AvgIpc) is 2.31. The summed E-state index contributed by atoms with van der Waals surface area (Å²) < 4.78 is 26.3. The summed E-state index contributed by atoms with van der Waals surface area (Å²) in [5.74, 6) is 0.753. The van der Waals surface area contributed by atoms with Crippen molar-refractivity contribution < 1.29 is 8.42 Å². The van der Waals surface area contributed by atoms with Crippen LogP contribution in [-0.2, 0) is 10.0 Å². The van der Waals surface area contributed by atoms with Gasteiger partial charge in [0.15, 0.2) is 0 Å². The molecule has 0 bridgehead atoms. The summed E-state index contributed by atoms with van der Waals surface area (Å²) in [6.07, 6.45) is 1.19. The zero-order valence-electron chi connectivity index (χ0n) is 10.6. The van der Waals surface area contributed by atoms with Gasteiger partial charge in [0.25, 0.3) is 5.56 Å². The zero-order valence-corrected chi connectivity index (χ0v) is 13.0. The van der Waals surface area contributed by atoms with Gasteiger partial charge in [-0.25, -0.2) is 8.42 Å². The molecular formula is C11H15ClN2O3S2. The Kier molecular flexibility index (Phi) is 4.02. The number of aromatic amines is 1. The van der Waals surface area contributed by atoms with E-state index in [1.165, 1.54) is 16.6 Å². The maximum Gasteiger partial charge on any atom is 0.266 e. The van der Waals surface area contributed by atoms with Crippen molar-refractivity contribution in [2.45, 2.75) is 23.5 Å². The number of halogens is 1. The highest BCUT2D eigenvalue weighted by Gasteiger charge is 2.34. The lowest BCUT2D eigenvalue weighted by Crippen LogP contribution is -2.46. The maximum absolute atomic E-state index is 12.5. The normalized spacial score (nSPS) is 20.4. The first kappa shape index (κ1) is 14.9. The van der Waals surface area contributed by atoms with Crippen molar-refractivity contribution in [3.05, 3.63) is 27.6 Å². The summed E-state index contributed by atoms with van der Waals surface area (Å²) in [5.41, 5.74) is -0.491. The minimum Gasteiger partial charge on any atom is -0.326 e. The molecule has 19 heavy (non-hydrogen) atoms. The van der Waals surface area contributed by atoms with E-state index in [1.807, 2.05) is 13.8 Å². The molecule has 0 spiro atoms. The second-order valence-corrected chi connectivity index (χ2v) is 9.11. The first-order valence-electron chi connectivity index (χ1n) is 5.75. The van der Waals surface area contributed by atoms with Gasteiger partial charge in [-0.3, -0.25) is 4.79 Å². The van der Waals surface area contributed by atoms with E-state index in [1.54, 1.807) is 11.8 Å². The van der Waals surface area contributed by atoms with Crippen LogP contribution in [0, 0.1) is 0 Å². The van der Waals surface area contributed by atoms with Gasteiger partial charge < -0.3 is 4.98 Å². The van der Waals surface area contributed by atoms with E-state index in [2.05, 4.69) is 4.98 Å². The van der Waals surface area contributed by atoms with Crippen LogP contribution in [0.1, 0.15) is 13.8 Å². The molecule has 1 aliphatic rings. The lowest BCUT2D eigenvalue weighted by Gasteiger charge is -2.36. The number of rotatable bonds is 2. The lowest BCUT2D eigenvalue weighted by atomic mass is 10.2. The molecule has 1 fully saturated rings. The molecule has 0 atom stereocenters. The van der Waals surface area contributed by atoms with Crippen LogP contribution in [0.3, 0.4) is 0 Å². The van der Waals surface area contributed by atoms with E-state index >= 15 is 0 Å². The number of H-pyrrole nitrogens is 1. The predicted molar refractivity (Wildman–Crippen MR) is 77.4 cm³/mol. The third-order valence-electron chi connectivity index (χ3n) is 2.86. The van der Waals surface area contributed by atoms with Crippen LogP contribution in [0.2, 0.25) is 5.02 Å². The van der Waals surface area contributed by atoms with E-state index in [9.17, 15) is 13.2 Å². The molecule has 1 aromatic heterocycles. The van der Waals surface area contributed by atoms with E-state index < -0.39 is 15.6 Å². The topological polar surface area (TPSA) is 70.2 Å². The summed E-state index contributed by atoms with van der Waals surface area (Å²) >= 11 is 7.44. The molecule has 2 heterocycles. The Labute approximate surface area is 121 Å². The Morgan fingerprint density at radius 3 is 2.74 bits per heavy atom. The van der Waals surface area contributed by atoms with Gasteiger partial charge in [-0.2, -0.15) is 16.1 Å². The monoisotopic (exact) mass is 322 g/mol. The maximum atomic E-state index is 12.5. The van der Waals surface area contributed by atoms with E-state index in [-0.39, 0.29) is 14.7 Å². The number of hydrogen-bond acceptors (Lipinski definition) is 4. The number of hydrogen-bond donors (Lipinski definition) is 1. The third-order valence-corrected chi connectivity index (χ3v) is 6.26. The van der Waals surface area contributed by atoms with E-state index in [0.29, 0.717) is 13.1 Å². The van der Waals surface area contributed by atoms with Crippen molar-refractivity contribution in [1.82, 2.24) is 9.29 Å². The molecule has 0 saturated carbocycles. The highest BCUT2D eigenvalue weighted by molar-refractivity contribution is 8.00. The smallest absolute Gasteiger partial charge is 0.266 e. The second-order valence-electron chi connectivity index (χ2n) is 4.96. The summed E-state index contributed by atoms with van der Waals surface area (Å²) in [4.78, 5) is 13.5. The predicted octanol–water partition coefficient (Wildman–Crippen LogP) is 1.54. The SMILES string of the molecule is CC1(C)CN(S(=O)(=O)c2c[nH]c(=O)c(Cl)c2)CCS1. The molecular weight excluding hydrogens is 308 g/mol. The van der Waals surface area contributed by atoms with Crippen LogP contribution < -0.4 is 5.56 Å². The van der Waals surface area contributed by atoms with Gasteiger partial charge in [-0.05, 0) is 19.9 Å². The Bertz CT molecular complexity index is 640. The highest BCUT2D eigenvalue weighted by atomic mass is 35.5. The number of pyridine rings is 1. The van der Waals surface area contributed by atoms with Gasteiger partial charge in [0.1, 0.15) is 5.02 Å². The molecule has 1 aliphatic heterocycles. The fraction of sp³-hybridized carbons (Fsp3) is 0.545. The molecule has 1 aromatic rings. The van der Waals surface area contributed by atoms with Gasteiger partial charge in [0, 0.05) is 29.8 Å². The molecule has 0 aliphatic carbocycles. The molecule has 0 unspecified atom stereocenters. The van der Waals surface area contributed by atoms with Crippen LogP contribution in [0.25, 0.3) is 0 Å². The van der Waals surface area contributed by atoms with Crippen molar-refractivity contribution in [1.29, 1.82) is 0 Å². The first-order chi connectivity index (χ1) is 8.72. The molecule has 1 N–H and O–H groups in total. The van der Waals surface area contributed by atoms with Gasteiger partial charge in [0.2, 0.25) is 10.0 Å². The number of thioether (sulfide) groups is 1. The first-order valence-corrected chi connectivity index (χ1v) is 8.55. The number of nitrogens with zero attached hydrogens (tertiary/aromatic N) is 1. The summed E-state index contributed by atoms with van der Waals surface area (Å²) in [7, 11) is -3.61. The van der Waals surface area contributed by atoms with E-state index in [4.69, 9.17) is 11.6 Å². The Morgan fingerprint density at radius 1 is 1.47 bits per heavy atom. The second kappa shape index (κ2) is 5.12. The van der Waals surface area contributed by atoms with Crippen LogP contribution >= 0.6 is 23.4 Å². The molecule has 1 saturated heterocycles. The van der Waals surface area contributed by atoms with Crippen molar-refractivity contribution in [3.63, 3.8) is 0 Å². The largest absolute Gasteiger partial charge is 0.326 e. The third kappa shape index (κ3) is 3.16. The average molecular weight is 323 g/mol. The summed E-state index contributed by atoms with van der Waals surface area (Å²) in [6, 6.07) is 1.20. The fourth-order valence-corrected chi connectivity index (χ4v) is 5.06. The molecule has 0 aromatic carbocycles. The van der Waals surface area contributed by atoms with Crippen LogP contribution in [0.5, 0.6) is 0 Å². The minimum atomic E-state index is -3.61. The highest BCUT2D eigenvalue weighted by Crippen LogP contribution is 2.32. The van der Waals surface area contributed by atoms with Gasteiger partial charge >= 0.3 is 0 Å². The van der Waals surface area contributed by atoms with Crippen LogP contribution in [-0.4, -0.2) is 41.3 Å². The Hall–Kier alpha value is -0.500. The van der Waals surface area contributed by atoms with Gasteiger partial charge in [-0.1, -0.05) is 11.6 Å². The zero-order chi connectivity index (χ0) is 14.3. The van der Waals surface area contributed by atoms with Crippen molar-refractivity contribution in [2.24, 2.45) is 0 Å². The quantitative estimate of drug-likeness (QED) is 0.896. The van der Waals surface area contributed by atoms with Crippen molar-refractivity contribution >= 4 is 33.4 Å². The summed E-state index contributed by atoms with van der Waals surface area (Å²) in [6.45, 7) is 4.93. The molecule has 8 heteroatoms. The number of sulfonamides is 1. The van der Waals surface area contributed by atoms with Gasteiger partial charge in [-0.15, -0.1) is 0 Å². The van der Waals surface area contributed by atoms with Crippen LogP contribution in [0.15, 0.2) is 22.0 Å². The lowest BCUT2D eigenvalue weighted by molar-refractivity contribution is 0.387. The molecule has 0 radical (unpaired) electrons.